The summed E-state index contributed by atoms with van der Waals surface area (Å²) in [5.41, 5.74) is -0.185. The molecule has 2 unspecified atom stereocenters. The van der Waals surface area contributed by atoms with E-state index in [-0.39, 0.29) is 11.5 Å². The van der Waals surface area contributed by atoms with Crippen molar-refractivity contribution in [3.8, 4) is 0 Å². The van der Waals surface area contributed by atoms with Crippen molar-refractivity contribution in [2.75, 3.05) is 32.8 Å². The quantitative estimate of drug-likeness (QED) is 0.750. The summed E-state index contributed by atoms with van der Waals surface area (Å²) >= 11 is 0. The molecular weight excluding hydrogens is 204 g/mol. The third kappa shape index (κ3) is 2.23. The minimum Gasteiger partial charge on any atom is -0.375 e. The summed E-state index contributed by atoms with van der Waals surface area (Å²) in [7, 11) is 0. The van der Waals surface area contributed by atoms with Gasteiger partial charge in [-0.1, -0.05) is 6.92 Å². The summed E-state index contributed by atoms with van der Waals surface area (Å²) in [5, 5.41) is 3.28. The second kappa shape index (κ2) is 4.72. The molecule has 1 N–H and O–H groups in total. The summed E-state index contributed by atoms with van der Waals surface area (Å²) in [5.74, 6) is 0.305. The van der Waals surface area contributed by atoms with Gasteiger partial charge < -0.3 is 15.0 Å². The fourth-order valence-corrected chi connectivity index (χ4v) is 2.53. The standard InChI is InChI=1S/C12H22N2O2/c1-3-10-8-14(6-7-16-10)11(15)12(2)4-5-13-9-12/h10,13H,3-9H2,1-2H3. The number of hydrogen-bond acceptors (Lipinski definition) is 3. The Bertz CT molecular complexity index is 262. The van der Waals surface area contributed by atoms with Crippen LogP contribution in [0.4, 0.5) is 0 Å². The van der Waals surface area contributed by atoms with E-state index in [2.05, 4.69) is 19.2 Å². The number of morpholine rings is 1. The van der Waals surface area contributed by atoms with E-state index >= 15 is 0 Å². The predicted octanol–water partition coefficient (Wildman–Crippen LogP) is 0.623. The van der Waals surface area contributed by atoms with Gasteiger partial charge in [0.2, 0.25) is 5.91 Å². The van der Waals surface area contributed by atoms with Gasteiger partial charge in [-0.15, -0.1) is 0 Å². The first-order valence-electron chi connectivity index (χ1n) is 6.27. The number of carbonyl (C=O) groups excluding carboxylic acids is 1. The molecule has 2 saturated heterocycles. The maximum absolute atomic E-state index is 12.4. The number of amides is 1. The third-order valence-corrected chi connectivity index (χ3v) is 3.77. The minimum absolute atomic E-state index is 0.185. The molecule has 2 atom stereocenters. The maximum atomic E-state index is 12.4. The van der Waals surface area contributed by atoms with Crippen molar-refractivity contribution in [3.63, 3.8) is 0 Å². The highest BCUT2D eigenvalue weighted by Crippen LogP contribution is 2.28. The Balaban J connectivity index is 1.98. The summed E-state index contributed by atoms with van der Waals surface area (Å²) in [4.78, 5) is 14.4. The highest BCUT2D eigenvalue weighted by molar-refractivity contribution is 5.83. The first-order valence-corrected chi connectivity index (χ1v) is 6.27. The lowest BCUT2D eigenvalue weighted by Crippen LogP contribution is -2.51. The molecule has 2 aliphatic heterocycles. The van der Waals surface area contributed by atoms with Crippen LogP contribution in [0.15, 0.2) is 0 Å². The van der Waals surface area contributed by atoms with Gasteiger partial charge in [-0.25, -0.2) is 0 Å². The van der Waals surface area contributed by atoms with E-state index in [1.807, 2.05) is 4.90 Å². The number of rotatable bonds is 2. The minimum atomic E-state index is -0.185. The average Bonchev–Trinajstić information content (AvgIpc) is 2.76. The zero-order valence-electron chi connectivity index (χ0n) is 10.3. The Morgan fingerprint density at radius 2 is 2.44 bits per heavy atom. The molecule has 0 spiro atoms. The van der Waals surface area contributed by atoms with Crippen LogP contribution in [-0.2, 0) is 9.53 Å². The van der Waals surface area contributed by atoms with Crippen molar-refractivity contribution in [1.29, 1.82) is 0 Å². The maximum Gasteiger partial charge on any atom is 0.230 e. The van der Waals surface area contributed by atoms with Gasteiger partial charge >= 0.3 is 0 Å². The fraction of sp³-hybridized carbons (Fsp3) is 0.917. The molecule has 0 aliphatic carbocycles. The normalized spacial score (nSPS) is 35.4. The van der Waals surface area contributed by atoms with E-state index in [4.69, 9.17) is 4.74 Å². The molecule has 4 heteroatoms. The van der Waals surface area contributed by atoms with Crippen molar-refractivity contribution in [2.45, 2.75) is 32.8 Å². The molecule has 4 nitrogen and oxygen atoms in total. The molecule has 0 aromatic carbocycles. The Hall–Kier alpha value is -0.610. The molecule has 92 valence electrons. The lowest BCUT2D eigenvalue weighted by Gasteiger charge is -2.37. The smallest absolute Gasteiger partial charge is 0.230 e. The van der Waals surface area contributed by atoms with Gasteiger partial charge in [0.05, 0.1) is 18.1 Å². The van der Waals surface area contributed by atoms with Gasteiger partial charge in [-0.05, 0) is 26.3 Å². The fourth-order valence-electron chi connectivity index (χ4n) is 2.53. The molecule has 16 heavy (non-hydrogen) atoms. The van der Waals surface area contributed by atoms with E-state index in [1.165, 1.54) is 0 Å². The molecule has 2 rings (SSSR count). The second-order valence-corrected chi connectivity index (χ2v) is 5.14. The zero-order valence-corrected chi connectivity index (χ0v) is 10.3. The predicted molar refractivity (Wildman–Crippen MR) is 62.2 cm³/mol. The van der Waals surface area contributed by atoms with Crippen molar-refractivity contribution in [2.24, 2.45) is 5.41 Å². The van der Waals surface area contributed by atoms with Crippen molar-refractivity contribution < 1.29 is 9.53 Å². The highest BCUT2D eigenvalue weighted by Gasteiger charge is 2.40. The average molecular weight is 226 g/mol. The summed E-state index contributed by atoms with van der Waals surface area (Å²) in [6.45, 7) is 8.18. The topological polar surface area (TPSA) is 41.6 Å². The van der Waals surface area contributed by atoms with Crippen LogP contribution in [0.25, 0.3) is 0 Å². The van der Waals surface area contributed by atoms with Gasteiger partial charge in [0, 0.05) is 19.6 Å². The molecular formula is C12H22N2O2. The van der Waals surface area contributed by atoms with Crippen molar-refractivity contribution in [3.05, 3.63) is 0 Å². The molecule has 0 bridgehead atoms. The Morgan fingerprint density at radius 1 is 1.62 bits per heavy atom. The third-order valence-electron chi connectivity index (χ3n) is 3.77. The second-order valence-electron chi connectivity index (χ2n) is 5.14. The number of hydrogen-bond donors (Lipinski definition) is 1. The van der Waals surface area contributed by atoms with E-state index in [9.17, 15) is 4.79 Å². The Labute approximate surface area is 97.3 Å². The van der Waals surface area contributed by atoms with Crippen LogP contribution in [-0.4, -0.2) is 49.7 Å². The van der Waals surface area contributed by atoms with Gasteiger partial charge in [0.1, 0.15) is 0 Å². The molecule has 0 aromatic rings. The monoisotopic (exact) mass is 226 g/mol. The number of ether oxygens (including phenoxy) is 1. The summed E-state index contributed by atoms with van der Waals surface area (Å²) < 4.78 is 5.59. The molecule has 1 amide bonds. The lowest BCUT2D eigenvalue weighted by molar-refractivity contribution is -0.147. The first kappa shape index (κ1) is 11.9. The van der Waals surface area contributed by atoms with Crippen LogP contribution in [0.1, 0.15) is 26.7 Å². The molecule has 2 fully saturated rings. The van der Waals surface area contributed by atoms with Crippen LogP contribution in [0.2, 0.25) is 0 Å². The van der Waals surface area contributed by atoms with Crippen LogP contribution >= 0.6 is 0 Å². The van der Waals surface area contributed by atoms with E-state index in [0.717, 1.165) is 39.0 Å². The lowest BCUT2D eigenvalue weighted by atomic mass is 9.88. The largest absolute Gasteiger partial charge is 0.375 e. The number of nitrogens with one attached hydrogen (secondary N) is 1. The zero-order chi connectivity index (χ0) is 11.6. The highest BCUT2D eigenvalue weighted by atomic mass is 16.5. The van der Waals surface area contributed by atoms with Crippen LogP contribution < -0.4 is 5.32 Å². The summed E-state index contributed by atoms with van der Waals surface area (Å²) in [6.07, 6.45) is 2.18. The summed E-state index contributed by atoms with van der Waals surface area (Å²) in [6, 6.07) is 0. The van der Waals surface area contributed by atoms with Crippen LogP contribution in [0, 0.1) is 5.41 Å². The van der Waals surface area contributed by atoms with Crippen molar-refractivity contribution >= 4 is 5.91 Å². The Morgan fingerprint density at radius 3 is 3.06 bits per heavy atom. The SMILES string of the molecule is CCC1CN(C(=O)C2(C)CCNC2)CCO1. The molecule has 0 saturated carbocycles. The number of nitrogens with zero attached hydrogens (tertiary/aromatic N) is 1. The molecule has 0 aromatic heterocycles. The van der Waals surface area contributed by atoms with E-state index in [0.29, 0.717) is 12.5 Å². The van der Waals surface area contributed by atoms with Crippen LogP contribution in [0.3, 0.4) is 0 Å². The van der Waals surface area contributed by atoms with Gasteiger partial charge in [-0.2, -0.15) is 0 Å². The molecule has 0 radical (unpaired) electrons. The number of carbonyl (C=O) groups is 1. The van der Waals surface area contributed by atoms with E-state index in [1.54, 1.807) is 0 Å². The van der Waals surface area contributed by atoms with Crippen LogP contribution in [0.5, 0.6) is 0 Å². The first-order chi connectivity index (χ1) is 7.65. The van der Waals surface area contributed by atoms with Crippen molar-refractivity contribution in [1.82, 2.24) is 10.2 Å². The van der Waals surface area contributed by atoms with Gasteiger partial charge in [-0.3, -0.25) is 4.79 Å². The molecule has 2 heterocycles. The van der Waals surface area contributed by atoms with Gasteiger partial charge in [0.25, 0.3) is 0 Å². The van der Waals surface area contributed by atoms with E-state index < -0.39 is 0 Å². The molecule has 2 aliphatic rings. The van der Waals surface area contributed by atoms with Gasteiger partial charge in [0.15, 0.2) is 0 Å². The Kier molecular flexibility index (Phi) is 3.50.